The average Bonchev–Trinajstić information content (AvgIpc) is 2.24. The number of alkyl halides is 3. The second kappa shape index (κ2) is 6.53. The second-order valence-electron chi connectivity index (χ2n) is 6.70. The lowest BCUT2D eigenvalue weighted by Crippen LogP contribution is -2.14. The molecule has 2 atom stereocenters. The Labute approximate surface area is 128 Å². The van der Waals surface area contributed by atoms with Crippen molar-refractivity contribution in [1.82, 2.24) is 4.98 Å². The summed E-state index contributed by atoms with van der Waals surface area (Å²) in [5.74, 6) is 0.221. The van der Waals surface area contributed by atoms with Crippen molar-refractivity contribution in [2.45, 2.75) is 52.8 Å². The molecule has 2 nitrogen and oxygen atoms in total. The fourth-order valence-corrected chi connectivity index (χ4v) is 2.77. The zero-order chi connectivity index (χ0) is 16.4. The summed E-state index contributed by atoms with van der Waals surface area (Å²) in [4.78, 5) is 3.33. The van der Waals surface area contributed by atoms with Crippen LogP contribution in [-0.4, -0.2) is 10.1 Å². The molecule has 1 aromatic heterocycles. The van der Waals surface area contributed by atoms with Crippen molar-refractivity contribution in [3.05, 3.63) is 28.5 Å². The van der Waals surface area contributed by atoms with Gasteiger partial charge in [0, 0.05) is 5.56 Å². The van der Waals surface area contributed by atoms with Gasteiger partial charge in [-0.05, 0) is 30.2 Å². The molecule has 1 N–H and O–H groups in total. The summed E-state index contributed by atoms with van der Waals surface area (Å²) in [6.07, 6.45) is -4.11. The van der Waals surface area contributed by atoms with Crippen LogP contribution in [0.5, 0.6) is 0 Å². The van der Waals surface area contributed by atoms with E-state index in [-0.39, 0.29) is 22.0 Å². The zero-order valence-corrected chi connectivity index (χ0v) is 13.4. The van der Waals surface area contributed by atoms with Gasteiger partial charge in [-0.2, -0.15) is 13.2 Å². The van der Waals surface area contributed by atoms with E-state index in [1.807, 2.05) is 6.92 Å². The van der Waals surface area contributed by atoms with Gasteiger partial charge in [-0.1, -0.05) is 45.4 Å². The first-order valence-electron chi connectivity index (χ1n) is 6.82. The van der Waals surface area contributed by atoms with Crippen molar-refractivity contribution < 1.29 is 18.3 Å². The summed E-state index contributed by atoms with van der Waals surface area (Å²) in [6.45, 7) is 8.30. The largest absolute Gasteiger partial charge is 0.433 e. The molecule has 0 aliphatic carbocycles. The Balaban J connectivity index is 2.82. The number of hydrogen-bond donors (Lipinski definition) is 1. The normalized spacial score (nSPS) is 15.9. The van der Waals surface area contributed by atoms with Gasteiger partial charge < -0.3 is 5.11 Å². The lowest BCUT2D eigenvalue weighted by Gasteiger charge is -2.25. The van der Waals surface area contributed by atoms with Gasteiger partial charge in [0.2, 0.25) is 0 Å². The number of aliphatic hydroxyl groups is 1. The van der Waals surface area contributed by atoms with Crippen molar-refractivity contribution in [3.8, 4) is 0 Å². The van der Waals surface area contributed by atoms with E-state index in [1.54, 1.807) is 0 Å². The SMILES string of the molecule is CC(CC(O)c1ccc(C(F)(F)F)nc1Cl)CC(C)(C)C. The minimum absolute atomic E-state index is 0.126. The third-order valence-electron chi connectivity index (χ3n) is 3.11. The van der Waals surface area contributed by atoms with Crippen molar-refractivity contribution in [2.24, 2.45) is 11.3 Å². The van der Waals surface area contributed by atoms with E-state index in [1.165, 1.54) is 6.07 Å². The molecule has 1 aromatic rings. The van der Waals surface area contributed by atoms with Crippen LogP contribution in [0.2, 0.25) is 5.15 Å². The molecule has 2 unspecified atom stereocenters. The molecule has 1 rings (SSSR count). The van der Waals surface area contributed by atoms with Gasteiger partial charge in [0.1, 0.15) is 10.8 Å². The number of nitrogens with zero attached hydrogens (tertiary/aromatic N) is 1. The zero-order valence-electron chi connectivity index (χ0n) is 12.6. The molecule has 0 bridgehead atoms. The van der Waals surface area contributed by atoms with E-state index in [2.05, 4.69) is 25.8 Å². The van der Waals surface area contributed by atoms with E-state index in [9.17, 15) is 18.3 Å². The lowest BCUT2D eigenvalue weighted by molar-refractivity contribution is -0.141. The van der Waals surface area contributed by atoms with E-state index < -0.39 is 18.0 Å². The van der Waals surface area contributed by atoms with E-state index in [0.29, 0.717) is 6.42 Å². The van der Waals surface area contributed by atoms with Gasteiger partial charge in [-0.25, -0.2) is 4.98 Å². The van der Waals surface area contributed by atoms with Gasteiger partial charge in [-0.15, -0.1) is 0 Å². The minimum atomic E-state index is -4.54. The predicted molar refractivity (Wildman–Crippen MR) is 77.1 cm³/mol. The van der Waals surface area contributed by atoms with Crippen LogP contribution in [-0.2, 0) is 6.18 Å². The highest BCUT2D eigenvalue weighted by Gasteiger charge is 2.33. The molecule has 0 aromatic carbocycles. The Morgan fingerprint density at radius 1 is 1.24 bits per heavy atom. The van der Waals surface area contributed by atoms with Crippen molar-refractivity contribution in [1.29, 1.82) is 0 Å². The van der Waals surface area contributed by atoms with Crippen LogP contribution in [0.25, 0.3) is 0 Å². The van der Waals surface area contributed by atoms with Gasteiger partial charge >= 0.3 is 6.18 Å². The first-order valence-corrected chi connectivity index (χ1v) is 7.19. The molecule has 1 heterocycles. The molecule has 0 amide bonds. The molecule has 0 saturated heterocycles. The maximum absolute atomic E-state index is 12.5. The molecular formula is C15H21ClF3NO. The predicted octanol–water partition coefficient (Wildman–Crippen LogP) is 5.25. The fourth-order valence-electron chi connectivity index (χ4n) is 2.49. The molecule has 0 fully saturated rings. The van der Waals surface area contributed by atoms with Crippen LogP contribution in [0.3, 0.4) is 0 Å². The molecule has 0 aliphatic heterocycles. The maximum atomic E-state index is 12.5. The van der Waals surface area contributed by atoms with E-state index in [0.717, 1.165) is 12.5 Å². The molecule has 6 heteroatoms. The quantitative estimate of drug-likeness (QED) is 0.768. The van der Waals surface area contributed by atoms with Crippen molar-refractivity contribution >= 4 is 11.6 Å². The number of halogens is 4. The molecule has 0 aliphatic rings. The summed E-state index contributed by atoms with van der Waals surface area (Å²) in [6, 6.07) is 2.05. The minimum Gasteiger partial charge on any atom is -0.388 e. The molecule has 21 heavy (non-hydrogen) atoms. The molecular weight excluding hydrogens is 303 g/mol. The highest BCUT2D eigenvalue weighted by Crippen LogP contribution is 2.34. The summed E-state index contributed by atoms with van der Waals surface area (Å²) in [7, 11) is 0. The number of pyridine rings is 1. The number of aromatic nitrogens is 1. The smallest absolute Gasteiger partial charge is 0.388 e. The summed E-state index contributed by atoms with van der Waals surface area (Å²) in [5.41, 5.74) is -0.682. The Bertz CT molecular complexity index is 483. The van der Waals surface area contributed by atoms with E-state index >= 15 is 0 Å². The number of rotatable bonds is 4. The Kier molecular flexibility index (Phi) is 5.67. The summed E-state index contributed by atoms with van der Waals surface area (Å²) in [5, 5.41) is 9.87. The average molecular weight is 324 g/mol. The Morgan fingerprint density at radius 3 is 2.24 bits per heavy atom. The topological polar surface area (TPSA) is 33.1 Å². The lowest BCUT2D eigenvalue weighted by atomic mass is 9.82. The monoisotopic (exact) mass is 323 g/mol. The number of aliphatic hydroxyl groups excluding tert-OH is 1. The summed E-state index contributed by atoms with van der Waals surface area (Å²) >= 11 is 5.78. The van der Waals surface area contributed by atoms with Gasteiger partial charge in [0.25, 0.3) is 0 Å². The molecule has 0 radical (unpaired) electrons. The molecule has 120 valence electrons. The third kappa shape index (κ3) is 5.83. The van der Waals surface area contributed by atoms with Crippen LogP contribution in [0.4, 0.5) is 13.2 Å². The highest BCUT2D eigenvalue weighted by molar-refractivity contribution is 6.30. The Morgan fingerprint density at radius 2 is 1.81 bits per heavy atom. The fraction of sp³-hybridized carbons (Fsp3) is 0.667. The standard InChI is InChI=1S/C15H21ClF3NO/c1-9(8-14(2,3)4)7-11(21)10-5-6-12(15(17,18)19)20-13(10)16/h5-6,9,11,21H,7-8H2,1-4H3. The highest BCUT2D eigenvalue weighted by atomic mass is 35.5. The third-order valence-corrected chi connectivity index (χ3v) is 3.42. The summed E-state index contributed by atoms with van der Waals surface area (Å²) < 4.78 is 37.5. The van der Waals surface area contributed by atoms with Crippen LogP contribution in [0.1, 0.15) is 57.9 Å². The van der Waals surface area contributed by atoms with Gasteiger partial charge in [-0.3, -0.25) is 0 Å². The Hall–Kier alpha value is -0.810. The van der Waals surface area contributed by atoms with Crippen LogP contribution >= 0.6 is 11.6 Å². The van der Waals surface area contributed by atoms with Crippen molar-refractivity contribution in [2.75, 3.05) is 0 Å². The first-order chi connectivity index (χ1) is 9.40. The first kappa shape index (κ1) is 18.2. The van der Waals surface area contributed by atoms with Crippen LogP contribution in [0.15, 0.2) is 12.1 Å². The van der Waals surface area contributed by atoms with E-state index in [4.69, 9.17) is 11.6 Å². The van der Waals surface area contributed by atoms with Crippen molar-refractivity contribution in [3.63, 3.8) is 0 Å². The maximum Gasteiger partial charge on any atom is 0.433 e. The van der Waals surface area contributed by atoms with Gasteiger partial charge in [0.15, 0.2) is 0 Å². The number of hydrogen-bond acceptors (Lipinski definition) is 2. The molecule has 0 spiro atoms. The second-order valence-corrected chi connectivity index (χ2v) is 7.05. The van der Waals surface area contributed by atoms with Crippen LogP contribution < -0.4 is 0 Å². The van der Waals surface area contributed by atoms with Crippen LogP contribution in [0, 0.1) is 11.3 Å². The van der Waals surface area contributed by atoms with Gasteiger partial charge in [0.05, 0.1) is 6.10 Å². The molecule has 0 saturated carbocycles.